The van der Waals surface area contributed by atoms with Crippen LogP contribution in [-0.4, -0.2) is 176 Å². The minimum atomic E-state index is -1.73. The fraction of sp³-hybridized carbons (Fsp3) is 0.935. The van der Waals surface area contributed by atoms with Crippen LogP contribution in [0.5, 0.6) is 0 Å². The minimum Gasteiger partial charge on any atom is -0.454 e. The van der Waals surface area contributed by atoms with Gasteiger partial charge in [0, 0.05) is 24.7 Å². The number of carbonyl (C=O) groups excluding carboxylic acids is 1. The zero-order chi connectivity index (χ0) is 45.8. The third kappa shape index (κ3) is 7.56. The molecule has 1 spiro atoms. The molecule has 5 aliphatic heterocycles. The van der Waals surface area contributed by atoms with Gasteiger partial charge in [0.15, 0.2) is 30.8 Å². The smallest absolute Gasteiger partial charge is 0.303 e. The van der Waals surface area contributed by atoms with E-state index in [-0.39, 0.29) is 35.4 Å². The van der Waals surface area contributed by atoms with Crippen LogP contribution in [0.4, 0.5) is 0 Å². The normalized spacial score (nSPS) is 56.1. The molecule has 5 heterocycles. The molecule has 18 nitrogen and oxygen atoms in total. The highest BCUT2D eigenvalue weighted by atomic mass is 16.8. The van der Waals surface area contributed by atoms with Crippen LogP contribution in [0.3, 0.4) is 0 Å². The van der Waals surface area contributed by atoms with Gasteiger partial charge in [-0.15, -0.1) is 0 Å². The summed E-state index contributed by atoms with van der Waals surface area (Å²) < 4.78 is 55.4. The molecular weight excluding hydrogens is 840 g/mol. The summed E-state index contributed by atoms with van der Waals surface area (Å²) in [5.74, 6) is -0.167. The Morgan fingerprint density at radius 1 is 0.797 bits per heavy atom. The van der Waals surface area contributed by atoms with Gasteiger partial charge in [0.2, 0.25) is 0 Å². The number of esters is 1. The summed E-state index contributed by atoms with van der Waals surface area (Å²) in [6, 6.07) is 0. The lowest BCUT2D eigenvalue weighted by Gasteiger charge is -2.60. The van der Waals surface area contributed by atoms with Crippen molar-refractivity contribution in [1.29, 1.82) is 0 Å². The fourth-order valence-corrected chi connectivity index (χ4v) is 14.0. The molecule has 9 rings (SSSR count). The van der Waals surface area contributed by atoms with Crippen molar-refractivity contribution in [2.24, 2.45) is 40.4 Å². The van der Waals surface area contributed by atoms with Crippen molar-refractivity contribution in [1.82, 2.24) is 0 Å². The van der Waals surface area contributed by atoms with Gasteiger partial charge >= 0.3 is 5.97 Å². The lowest BCUT2D eigenvalue weighted by atomic mass is 9.46. The molecule has 0 aromatic heterocycles. The summed E-state index contributed by atoms with van der Waals surface area (Å²) in [6.45, 7) is 11.2. The van der Waals surface area contributed by atoms with Crippen LogP contribution in [0.1, 0.15) is 99.3 Å². The maximum atomic E-state index is 12.8. The minimum absolute atomic E-state index is 0.130. The third-order valence-corrected chi connectivity index (χ3v) is 17.8. The molecule has 64 heavy (non-hydrogen) atoms. The van der Waals surface area contributed by atoms with Crippen molar-refractivity contribution in [3.05, 3.63) is 11.6 Å². The summed E-state index contributed by atoms with van der Waals surface area (Å²) in [5, 5.41) is 88.2. The molecule has 25 atom stereocenters. The van der Waals surface area contributed by atoms with E-state index >= 15 is 0 Å². The molecule has 3 saturated carbocycles. The predicted octanol–water partition coefficient (Wildman–Crippen LogP) is 0.539. The molecule has 18 heteroatoms. The molecular formula is C46H72O18. The first kappa shape index (κ1) is 47.6. The maximum absolute atomic E-state index is 12.8. The van der Waals surface area contributed by atoms with Crippen molar-refractivity contribution in [3.8, 4) is 0 Å². The third-order valence-electron chi connectivity index (χ3n) is 17.8. The van der Waals surface area contributed by atoms with E-state index in [1.54, 1.807) is 0 Å². The van der Waals surface area contributed by atoms with E-state index in [0.29, 0.717) is 37.2 Å². The second-order valence-electron chi connectivity index (χ2n) is 21.3. The molecule has 8 N–H and O–H groups in total. The first-order chi connectivity index (χ1) is 30.3. The van der Waals surface area contributed by atoms with E-state index in [1.165, 1.54) is 12.5 Å². The molecule has 0 aromatic carbocycles. The average Bonchev–Trinajstić information content (AvgIpc) is 3.62. The Balaban J connectivity index is 0.938. The van der Waals surface area contributed by atoms with Crippen LogP contribution < -0.4 is 0 Å². The van der Waals surface area contributed by atoms with Crippen LogP contribution in [-0.2, 0) is 47.4 Å². The Labute approximate surface area is 374 Å². The van der Waals surface area contributed by atoms with Crippen molar-refractivity contribution in [2.75, 3.05) is 19.8 Å². The topological polar surface area (TPSA) is 262 Å². The van der Waals surface area contributed by atoms with Gasteiger partial charge < -0.3 is 83.5 Å². The number of fused-ring (bicyclic) bond motifs is 7. The molecule has 0 amide bonds. The van der Waals surface area contributed by atoms with E-state index in [0.717, 1.165) is 51.9 Å². The van der Waals surface area contributed by atoms with E-state index in [4.69, 9.17) is 42.6 Å². The van der Waals surface area contributed by atoms with Crippen LogP contribution in [0.2, 0.25) is 0 Å². The standard InChI is InChI=1S/C46H72O18/c1-20-9-14-45(57-18-20)22(3)46(55)31(64-45)16-28-26-8-7-24-15-25(10-12-43(24,5)27(26)11-13-44(28,46)6)60-42-39(63-41-38(59-23(4)48)34(52)32(50)21(2)58-41)36(54)37(30(17-47)61-42)62-40-35(53)33(51)29(49)19-56-40/h7,20-22,25-42,47,49-55H,8-19H2,1-6H3. The Kier molecular flexibility index (Phi) is 13.0. The molecule has 5 saturated heterocycles. The predicted molar refractivity (Wildman–Crippen MR) is 219 cm³/mol. The molecule has 0 aromatic rings. The van der Waals surface area contributed by atoms with Crippen LogP contribution in [0.25, 0.3) is 0 Å². The Morgan fingerprint density at radius 2 is 1.53 bits per heavy atom. The number of ether oxygens (including phenoxy) is 9. The number of aliphatic hydroxyl groups excluding tert-OH is 7. The molecule has 0 bridgehead atoms. The van der Waals surface area contributed by atoms with Gasteiger partial charge in [0.05, 0.1) is 38.1 Å². The maximum Gasteiger partial charge on any atom is 0.303 e. The van der Waals surface area contributed by atoms with Gasteiger partial charge in [-0.1, -0.05) is 39.3 Å². The summed E-state index contributed by atoms with van der Waals surface area (Å²) >= 11 is 0. The van der Waals surface area contributed by atoms with Crippen LogP contribution in [0, 0.1) is 40.4 Å². The highest BCUT2D eigenvalue weighted by Gasteiger charge is 2.76. The van der Waals surface area contributed by atoms with E-state index < -0.39 is 116 Å². The SMILES string of the molecule is CC(=O)OC1C(OC2C(OC3CCC4(C)C(=CCC5C4CCC4(C)C5CC5OC6(CCC(C)CO6)C(C)C54O)C3)OC(CO)C(OC3OCC(O)C(O)C3O)C2O)OC(C)C(O)C1O. The number of hydrogen-bond donors (Lipinski definition) is 8. The highest BCUT2D eigenvalue weighted by molar-refractivity contribution is 5.66. The Morgan fingerprint density at radius 3 is 2.23 bits per heavy atom. The van der Waals surface area contributed by atoms with Crippen molar-refractivity contribution >= 4 is 5.97 Å². The second kappa shape index (κ2) is 17.5. The second-order valence-corrected chi connectivity index (χ2v) is 21.3. The molecule has 8 fully saturated rings. The number of rotatable bonds is 8. The van der Waals surface area contributed by atoms with Gasteiger partial charge in [-0.3, -0.25) is 4.79 Å². The first-order valence-electron chi connectivity index (χ1n) is 23.7. The summed E-state index contributed by atoms with van der Waals surface area (Å²) in [7, 11) is 0. The summed E-state index contributed by atoms with van der Waals surface area (Å²) in [6.07, 6.45) is -11.7. The van der Waals surface area contributed by atoms with Crippen molar-refractivity contribution < 1.29 is 88.3 Å². The summed E-state index contributed by atoms with van der Waals surface area (Å²) in [4.78, 5) is 12.2. The fourth-order valence-electron chi connectivity index (χ4n) is 14.0. The zero-order valence-corrected chi connectivity index (χ0v) is 37.8. The molecule has 9 aliphatic rings. The lowest BCUT2D eigenvalue weighted by Crippen LogP contribution is -2.66. The van der Waals surface area contributed by atoms with Gasteiger partial charge in [-0.05, 0) is 87.4 Å². The Hall–Kier alpha value is -1.43. The van der Waals surface area contributed by atoms with Crippen LogP contribution >= 0.6 is 0 Å². The highest BCUT2D eigenvalue weighted by Crippen LogP contribution is 2.72. The van der Waals surface area contributed by atoms with E-state index in [1.807, 2.05) is 0 Å². The van der Waals surface area contributed by atoms with E-state index in [9.17, 15) is 45.6 Å². The average molecular weight is 913 g/mol. The van der Waals surface area contributed by atoms with Gasteiger partial charge in [-0.25, -0.2) is 0 Å². The largest absolute Gasteiger partial charge is 0.454 e. The van der Waals surface area contributed by atoms with Gasteiger partial charge in [0.25, 0.3) is 0 Å². The zero-order valence-electron chi connectivity index (χ0n) is 37.8. The number of allylic oxidation sites excluding steroid dienone is 1. The number of aliphatic hydroxyl groups is 8. The van der Waals surface area contributed by atoms with Crippen molar-refractivity contribution in [2.45, 2.75) is 209 Å². The summed E-state index contributed by atoms with van der Waals surface area (Å²) in [5.41, 5.74) is -0.161. The van der Waals surface area contributed by atoms with Gasteiger partial charge in [0.1, 0.15) is 60.5 Å². The molecule has 0 radical (unpaired) electrons. The Bertz CT molecular complexity index is 1730. The number of hydrogen-bond acceptors (Lipinski definition) is 18. The molecule has 364 valence electrons. The lowest BCUT2D eigenvalue weighted by molar-refractivity contribution is -0.386. The van der Waals surface area contributed by atoms with Crippen LogP contribution in [0.15, 0.2) is 11.6 Å². The van der Waals surface area contributed by atoms with E-state index in [2.05, 4.69) is 33.8 Å². The quantitative estimate of drug-likeness (QED) is 0.122. The van der Waals surface area contributed by atoms with Crippen molar-refractivity contribution in [3.63, 3.8) is 0 Å². The number of carbonyl (C=O) groups is 1. The molecule has 25 unspecified atom stereocenters. The monoisotopic (exact) mass is 912 g/mol. The van der Waals surface area contributed by atoms with Gasteiger partial charge in [-0.2, -0.15) is 0 Å². The molecule has 4 aliphatic carbocycles. The first-order valence-corrected chi connectivity index (χ1v) is 23.7.